The van der Waals surface area contributed by atoms with Crippen molar-refractivity contribution in [3.8, 4) is 0 Å². The van der Waals surface area contributed by atoms with Crippen LogP contribution in [0.3, 0.4) is 0 Å². The topological polar surface area (TPSA) is 32.7 Å². The van der Waals surface area contributed by atoms with Gasteiger partial charge in [-0.15, -0.1) is 0 Å². The number of thiocarbonyl (C=S) groups is 1. The highest BCUT2D eigenvalue weighted by Gasteiger charge is 2.40. The van der Waals surface area contributed by atoms with Gasteiger partial charge in [-0.25, -0.2) is 0 Å². The van der Waals surface area contributed by atoms with Gasteiger partial charge in [0.2, 0.25) is 0 Å². The van der Waals surface area contributed by atoms with Gasteiger partial charge in [0, 0.05) is 26.6 Å². The summed E-state index contributed by atoms with van der Waals surface area (Å²) in [5.74, 6) is 0.390. The highest BCUT2D eigenvalue weighted by atomic mass is 32.1. The van der Waals surface area contributed by atoms with Crippen LogP contribution in [0.5, 0.6) is 0 Å². The summed E-state index contributed by atoms with van der Waals surface area (Å²) in [7, 11) is 2.02. The largest absolute Gasteiger partial charge is 0.414 e. The van der Waals surface area contributed by atoms with Crippen LogP contribution < -0.4 is 0 Å². The van der Waals surface area contributed by atoms with Crippen molar-refractivity contribution in [3.63, 3.8) is 0 Å². The van der Waals surface area contributed by atoms with E-state index in [2.05, 4.69) is 47.7 Å². The van der Waals surface area contributed by atoms with Gasteiger partial charge in [-0.2, -0.15) is 0 Å². The summed E-state index contributed by atoms with van der Waals surface area (Å²) in [5.41, 5.74) is 0. The number of hydrogen-bond donors (Lipinski definition) is 1. The molecule has 0 aliphatic carbocycles. The van der Waals surface area contributed by atoms with Gasteiger partial charge >= 0.3 is 0 Å². The SMILES string of the molecule is CC(C)[C@@H](C[C@@H](O)CC(=S)N(C)C)O[Si](C)(C)C(C)(C)C. The maximum Gasteiger partial charge on any atom is 0.192 e. The van der Waals surface area contributed by atoms with E-state index in [1.807, 2.05) is 19.0 Å². The molecule has 0 aliphatic heterocycles. The second kappa shape index (κ2) is 8.04. The van der Waals surface area contributed by atoms with Crippen LogP contribution in [0.1, 0.15) is 47.5 Å². The van der Waals surface area contributed by atoms with E-state index in [-0.39, 0.29) is 11.1 Å². The van der Waals surface area contributed by atoms with E-state index in [0.29, 0.717) is 18.8 Å². The van der Waals surface area contributed by atoms with Gasteiger partial charge in [-0.3, -0.25) is 0 Å². The lowest BCUT2D eigenvalue weighted by Crippen LogP contribution is -2.46. The minimum absolute atomic E-state index is 0.0888. The Labute approximate surface area is 138 Å². The molecule has 126 valence electrons. The molecule has 0 heterocycles. The zero-order chi connectivity index (χ0) is 17.0. The van der Waals surface area contributed by atoms with Crippen LogP contribution in [0.15, 0.2) is 0 Å². The summed E-state index contributed by atoms with van der Waals surface area (Å²) in [6.45, 7) is 15.6. The second-order valence-corrected chi connectivity index (χ2v) is 13.3. The summed E-state index contributed by atoms with van der Waals surface area (Å²) in [4.78, 5) is 2.68. The first kappa shape index (κ1) is 21.0. The maximum atomic E-state index is 10.3. The number of rotatable bonds is 7. The maximum absolute atomic E-state index is 10.3. The molecule has 0 aromatic carbocycles. The zero-order valence-electron chi connectivity index (χ0n) is 15.4. The Balaban J connectivity index is 4.75. The van der Waals surface area contributed by atoms with Crippen molar-refractivity contribution in [1.29, 1.82) is 0 Å². The molecule has 3 nitrogen and oxygen atoms in total. The van der Waals surface area contributed by atoms with Crippen molar-refractivity contribution in [2.75, 3.05) is 14.1 Å². The molecule has 0 unspecified atom stereocenters. The van der Waals surface area contributed by atoms with Crippen LogP contribution in [0.4, 0.5) is 0 Å². The Morgan fingerprint density at radius 3 is 2.05 bits per heavy atom. The van der Waals surface area contributed by atoms with E-state index in [1.165, 1.54) is 0 Å². The van der Waals surface area contributed by atoms with Gasteiger partial charge in [0.15, 0.2) is 8.32 Å². The van der Waals surface area contributed by atoms with E-state index in [9.17, 15) is 5.11 Å². The van der Waals surface area contributed by atoms with Crippen molar-refractivity contribution in [2.24, 2.45) is 5.92 Å². The van der Waals surface area contributed by atoms with Crippen molar-refractivity contribution in [3.05, 3.63) is 0 Å². The van der Waals surface area contributed by atoms with Crippen LogP contribution in [0, 0.1) is 5.92 Å². The molecule has 0 fully saturated rings. The lowest BCUT2D eigenvalue weighted by atomic mass is 9.99. The molecule has 0 rings (SSSR count). The first-order valence-corrected chi connectivity index (χ1v) is 11.2. The third-order valence-corrected chi connectivity index (χ3v) is 9.45. The van der Waals surface area contributed by atoms with Gasteiger partial charge in [0.05, 0.1) is 11.1 Å². The Morgan fingerprint density at radius 1 is 1.24 bits per heavy atom. The fourth-order valence-corrected chi connectivity index (χ4v) is 3.42. The molecule has 0 aromatic rings. The summed E-state index contributed by atoms with van der Waals surface area (Å²) in [6, 6.07) is 0. The quantitative estimate of drug-likeness (QED) is 0.562. The summed E-state index contributed by atoms with van der Waals surface area (Å²) in [6.07, 6.45) is 0.841. The average Bonchev–Trinajstić information content (AvgIpc) is 2.25. The van der Waals surface area contributed by atoms with Crippen molar-refractivity contribution < 1.29 is 9.53 Å². The number of aliphatic hydroxyl groups is 1. The predicted octanol–water partition coefficient (Wildman–Crippen LogP) is 4.06. The molecule has 0 bridgehead atoms. The fraction of sp³-hybridized carbons (Fsp3) is 0.938. The third kappa shape index (κ3) is 7.22. The van der Waals surface area contributed by atoms with Crippen molar-refractivity contribution in [1.82, 2.24) is 4.90 Å². The van der Waals surface area contributed by atoms with E-state index in [0.717, 1.165) is 4.99 Å². The van der Waals surface area contributed by atoms with Gasteiger partial charge in [0.1, 0.15) is 0 Å². The molecule has 1 N–H and O–H groups in total. The summed E-state index contributed by atoms with van der Waals surface area (Å²) < 4.78 is 6.50. The highest BCUT2D eigenvalue weighted by molar-refractivity contribution is 7.80. The average molecular weight is 334 g/mol. The molecule has 0 aliphatic rings. The molecule has 0 saturated heterocycles. The molecule has 0 spiro atoms. The molecular weight excluding hydrogens is 298 g/mol. The van der Waals surface area contributed by atoms with Gasteiger partial charge in [-0.05, 0) is 30.5 Å². The van der Waals surface area contributed by atoms with Crippen LogP contribution in [-0.2, 0) is 4.43 Å². The molecule has 5 heteroatoms. The minimum atomic E-state index is -1.81. The van der Waals surface area contributed by atoms with E-state index >= 15 is 0 Å². The van der Waals surface area contributed by atoms with Crippen LogP contribution in [-0.4, -0.2) is 49.6 Å². The first-order valence-electron chi connectivity index (χ1n) is 7.84. The van der Waals surface area contributed by atoms with E-state index in [1.54, 1.807) is 0 Å². The molecule has 0 aromatic heterocycles. The van der Waals surface area contributed by atoms with E-state index in [4.69, 9.17) is 16.6 Å². The lowest BCUT2D eigenvalue weighted by Gasteiger charge is -2.41. The van der Waals surface area contributed by atoms with Gasteiger partial charge in [-0.1, -0.05) is 46.8 Å². The molecule has 0 saturated carbocycles. The van der Waals surface area contributed by atoms with Gasteiger partial charge < -0.3 is 14.4 Å². The Kier molecular flexibility index (Phi) is 8.05. The first-order chi connectivity index (χ1) is 9.28. The molecule has 0 amide bonds. The Bertz CT molecular complexity index is 338. The zero-order valence-corrected chi connectivity index (χ0v) is 17.2. The summed E-state index contributed by atoms with van der Waals surface area (Å²) >= 11 is 5.28. The predicted molar refractivity (Wildman–Crippen MR) is 98.4 cm³/mol. The lowest BCUT2D eigenvalue weighted by molar-refractivity contribution is 0.0632. The van der Waals surface area contributed by atoms with Crippen LogP contribution >= 0.6 is 12.2 Å². The van der Waals surface area contributed by atoms with Gasteiger partial charge in [0.25, 0.3) is 0 Å². The molecule has 21 heavy (non-hydrogen) atoms. The Morgan fingerprint density at radius 2 is 1.71 bits per heavy atom. The monoisotopic (exact) mass is 333 g/mol. The third-order valence-electron chi connectivity index (χ3n) is 4.41. The smallest absolute Gasteiger partial charge is 0.192 e. The molecule has 2 atom stereocenters. The highest BCUT2D eigenvalue weighted by Crippen LogP contribution is 2.38. The standard InChI is InChI=1S/C16H35NO2SSi/c1-12(2)14(19-21(8,9)16(3,4)5)10-13(18)11-15(20)17(6)7/h12-14,18H,10-11H2,1-9H3/t13-,14-/m1/s1. The molecule has 0 radical (unpaired) electrons. The van der Waals surface area contributed by atoms with Crippen LogP contribution in [0.2, 0.25) is 18.1 Å². The number of nitrogens with zero attached hydrogens (tertiary/aromatic N) is 1. The second-order valence-electron chi connectivity index (χ2n) is 8.04. The van der Waals surface area contributed by atoms with Crippen LogP contribution in [0.25, 0.3) is 0 Å². The van der Waals surface area contributed by atoms with Crippen molar-refractivity contribution in [2.45, 2.75) is 77.8 Å². The molecular formula is C16H35NO2SSi. The minimum Gasteiger partial charge on any atom is -0.414 e. The van der Waals surface area contributed by atoms with Crippen molar-refractivity contribution >= 4 is 25.5 Å². The fourth-order valence-electron chi connectivity index (χ4n) is 1.75. The normalized spacial score (nSPS) is 16.0. The number of aliphatic hydroxyl groups excluding tert-OH is 1. The van der Waals surface area contributed by atoms with E-state index < -0.39 is 14.4 Å². The summed E-state index contributed by atoms with van der Waals surface area (Å²) in [5, 5.41) is 10.5. The number of hydrogen-bond acceptors (Lipinski definition) is 3. The Hall–Kier alpha value is 0.0269.